The third-order valence-electron chi connectivity index (χ3n) is 3.08. The molecule has 0 amide bonds. The first-order valence-electron chi connectivity index (χ1n) is 6.05. The first kappa shape index (κ1) is 13.3. The van der Waals surface area contributed by atoms with Crippen molar-refractivity contribution >= 4 is 5.78 Å². The van der Waals surface area contributed by atoms with Gasteiger partial charge in [-0.1, -0.05) is 0 Å². The number of hydrogen-bond donors (Lipinski definition) is 0. The van der Waals surface area contributed by atoms with Crippen molar-refractivity contribution in [2.24, 2.45) is 7.05 Å². The molecule has 0 saturated carbocycles. The molecule has 0 unspecified atom stereocenters. The molecule has 0 aliphatic rings. The molecule has 0 fully saturated rings. The van der Waals surface area contributed by atoms with Crippen LogP contribution in [0, 0.1) is 13.8 Å². The van der Waals surface area contributed by atoms with Crippen LogP contribution in [0.1, 0.15) is 27.3 Å². The number of carbonyl (C=O) groups is 1. The highest BCUT2D eigenvalue weighted by Crippen LogP contribution is 2.24. The Kier molecular flexibility index (Phi) is 3.64. The summed E-state index contributed by atoms with van der Waals surface area (Å²) in [5.74, 6) is 0.751. The molecule has 2 aromatic heterocycles. The predicted molar refractivity (Wildman–Crippen MR) is 71.5 cm³/mol. The van der Waals surface area contributed by atoms with Gasteiger partial charge in [-0.2, -0.15) is 5.10 Å². The maximum Gasteiger partial charge on any atom is 0.188 e. The fraction of sp³-hybridized carbons (Fsp3) is 0.357. The van der Waals surface area contributed by atoms with E-state index in [1.54, 1.807) is 37.3 Å². The van der Waals surface area contributed by atoms with E-state index in [1.165, 1.54) is 0 Å². The van der Waals surface area contributed by atoms with Gasteiger partial charge in [-0.15, -0.1) is 0 Å². The van der Waals surface area contributed by atoms with Crippen LogP contribution < -0.4 is 4.74 Å². The SMILES string of the molecule is COc1c(C)cnc(CC(=O)c2ccn(C)n2)c1C. The third kappa shape index (κ3) is 2.65. The van der Waals surface area contributed by atoms with Crippen LogP contribution in [0.2, 0.25) is 0 Å². The minimum atomic E-state index is -0.0397. The monoisotopic (exact) mass is 259 g/mol. The summed E-state index contributed by atoms with van der Waals surface area (Å²) in [5.41, 5.74) is 3.07. The number of aryl methyl sites for hydroxylation is 2. The van der Waals surface area contributed by atoms with Crippen LogP contribution >= 0.6 is 0 Å². The quantitative estimate of drug-likeness (QED) is 0.786. The summed E-state index contributed by atoms with van der Waals surface area (Å²) in [5, 5.41) is 4.10. The maximum absolute atomic E-state index is 12.1. The van der Waals surface area contributed by atoms with E-state index in [1.807, 2.05) is 13.8 Å². The van der Waals surface area contributed by atoms with Crippen molar-refractivity contribution in [3.63, 3.8) is 0 Å². The van der Waals surface area contributed by atoms with Crippen molar-refractivity contribution in [2.75, 3.05) is 7.11 Å². The normalized spacial score (nSPS) is 10.5. The molecular weight excluding hydrogens is 242 g/mol. The van der Waals surface area contributed by atoms with Crippen molar-refractivity contribution in [2.45, 2.75) is 20.3 Å². The van der Waals surface area contributed by atoms with E-state index in [0.717, 1.165) is 22.6 Å². The minimum absolute atomic E-state index is 0.0397. The number of Topliss-reactive ketones (excluding diaryl/α,β-unsaturated/α-hetero) is 1. The number of aromatic nitrogens is 3. The molecule has 0 saturated heterocycles. The molecule has 5 heteroatoms. The van der Waals surface area contributed by atoms with Crippen LogP contribution in [0.15, 0.2) is 18.5 Å². The van der Waals surface area contributed by atoms with Gasteiger partial charge < -0.3 is 4.74 Å². The predicted octanol–water partition coefficient (Wildman–Crippen LogP) is 1.87. The zero-order chi connectivity index (χ0) is 14.0. The molecule has 0 aromatic carbocycles. The molecule has 2 aromatic rings. The average Bonchev–Trinajstić information content (AvgIpc) is 2.80. The zero-order valence-corrected chi connectivity index (χ0v) is 11.6. The van der Waals surface area contributed by atoms with Crippen molar-refractivity contribution in [3.05, 3.63) is 41.0 Å². The molecule has 5 nitrogen and oxygen atoms in total. The van der Waals surface area contributed by atoms with Crippen LogP contribution in [0.4, 0.5) is 0 Å². The van der Waals surface area contributed by atoms with Crippen molar-refractivity contribution in [1.82, 2.24) is 14.8 Å². The van der Waals surface area contributed by atoms with Gasteiger partial charge in [0.05, 0.1) is 19.2 Å². The number of methoxy groups -OCH3 is 1. The van der Waals surface area contributed by atoms with Gasteiger partial charge in [0, 0.05) is 30.6 Å². The van der Waals surface area contributed by atoms with E-state index in [9.17, 15) is 4.79 Å². The summed E-state index contributed by atoms with van der Waals surface area (Å²) < 4.78 is 6.95. The summed E-state index contributed by atoms with van der Waals surface area (Å²) in [6.07, 6.45) is 3.72. The minimum Gasteiger partial charge on any atom is -0.496 e. The van der Waals surface area contributed by atoms with E-state index in [2.05, 4.69) is 10.1 Å². The second-order valence-electron chi connectivity index (χ2n) is 4.52. The molecular formula is C14H17N3O2. The number of nitrogens with zero attached hydrogens (tertiary/aromatic N) is 3. The topological polar surface area (TPSA) is 57.0 Å². The van der Waals surface area contributed by atoms with Gasteiger partial charge >= 0.3 is 0 Å². The third-order valence-corrected chi connectivity index (χ3v) is 3.08. The molecule has 0 N–H and O–H groups in total. The van der Waals surface area contributed by atoms with E-state index in [0.29, 0.717) is 5.69 Å². The largest absolute Gasteiger partial charge is 0.496 e. The number of rotatable bonds is 4. The lowest BCUT2D eigenvalue weighted by Gasteiger charge is -2.11. The second kappa shape index (κ2) is 5.22. The van der Waals surface area contributed by atoms with Crippen molar-refractivity contribution < 1.29 is 9.53 Å². The summed E-state index contributed by atoms with van der Waals surface area (Å²) in [4.78, 5) is 16.4. The fourth-order valence-electron chi connectivity index (χ4n) is 2.06. The summed E-state index contributed by atoms with van der Waals surface area (Å²) in [6, 6.07) is 1.71. The van der Waals surface area contributed by atoms with Gasteiger partial charge in [0.1, 0.15) is 11.4 Å². The standard InChI is InChI=1S/C14H17N3O2/c1-9-8-15-12(10(2)14(9)19-4)7-13(18)11-5-6-17(3)16-11/h5-6,8H,7H2,1-4H3. The lowest BCUT2D eigenvalue weighted by Crippen LogP contribution is -2.09. The number of carbonyl (C=O) groups excluding carboxylic acids is 1. The van der Waals surface area contributed by atoms with E-state index in [4.69, 9.17) is 4.74 Å². The Hall–Kier alpha value is -2.17. The Bertz CT molecular complexity index is 617. The summed E-state index contributed by atoms with van der Waals surface area (Å²) >= 11 is 0. The molecule has 0 spiro atoms. The van der Waals surface area contributed by atoms with Gasteiger partial charge in [-0.05, 0) is 19.9 Å². The smallest absolute Gasteiger partial charge is 0.188 e. The first-order chi connectivity index (χ1) is 9.02. The Morgan fingerprint density at radius 1 is 1.42 bits per heavy atom. The fourth-order valence-corrected chi connectivity index (χ4v) is 2.06. The molecule has 0 aliphatic carbocycles. The average molecular weight is 259 g/mol. The molecule has 19 heavy (non-hydrogen) atoms. The molecule has 100 valence electrons. The zero-order valence-electron chi connectivity index (χ0n) is 11.6. The van der Waals surface area contributed by atoms with Gasteiger partial charge in [-0.3, -0.25) is 14.5 Å². The lowest BCUT2D eigenvalue weighted by molar-refractivity contribution is 0.0986. The number of ketones is 1. The Morgan fingerprint density at radius 2 is 2.16 bits per heavy atom. The molecule has 0 atom stereocenters. The Balaban J connectivity index is 2.27. The molecule has 0 bridgehead atoms. The number of pyridine rings is 1. The van der Waals surface area contributed by atoms with Crippen LogP contribution in [0.5, 0.6) is 5.75 Å². The van der Waals surface area contributed by atoms with Crippen molar-refractivity contribution in [3.8, 4) is 5.75 Å². The van der Waals surface area contributed by atoms with Gasteiger partial charge in [0.25, 0.3) is 0 Å². The van der Waals surface area contributed by atoms with Crippen LogP contribution in [-0.4, -0.2) is 27.7 Å². The van der Waals surface area contributed by atoms with Gasteiger partial charge in [-0.25, -0.2) is 0 Å². The van der Waals surface area contributed by atoms with Crippen molar-refractivity contribution in [1.29, 1.82) is 0 Å². The van der Waals surface area contributed by atoms with E-state index in [-0.39, 0.29) is 12.2 Å². The van der Waals surface area contributed by atoms with Crippen LogP contribution in [0.3, 0.4) is 0 Å². The lowest BCUT2D eigenvalue weighted by atomic mass is 10.1. The van der Waals surface area contributed by atoms with Crippen LogP contribution in [-0.2, 0) is 13.5 Å². The molecule has 0 radical (unpaired) electrons. The van der Waals surface area contributed by atoms with Gasteiger partial charge in [0.15, 0.2) is 5.78 Å². The number of hydrogen-bond acceptors (Lipinski definition) is 4. The summed E-state index contributed by atoms with van der Waals surface area (Å²) in [7, 11) is 3.41. The van der Waals surface area contributed by atoms with E-state index >= 15 is 0 Å². The van der Waals surface area contributed by atoms with Crippen LogP contribution in [0.25, 0.3) is 0 Å². The highest BCUT2D eigenvalue weighted by atomic mass is 16.5. The second-order valence-corrected chi connectivity index (χ2v) is 4.52. The first-order valence-corrected chi connectivity index (χ1v) is 6.05. The molecule has 0 aliphatic heterocycles. The Morgan fingerprint density at radius 3 is 2.74 bits per heavy atom. The molecule has 2 heterocycles. The van der Waals surface area contributed by atoms with Gasteiger partial charge in [0.2, 0.25) is 0 Å². The number of ether oxygens (including phenoxy) is 1. The highest BCUT2D eigenvalue weighted by molar-refractivity contribution is 5.95. The highest BCUT2D eigenvalue weighted by Gasteiger charge is 2.15. The van der Waals surface area contributed by atoms with E-state index < -0.39 is 0 Å². The summed E-state index contributed by atoms with van der Waals surface area (Å²) in [6.45, 7) is 3.85. The Labute approximate surface area is 112 Å². The maximum atomic E-state index is 12.1. The molecule has 2 rings (SSSR count).